The molecular formula is C27H22Cl4N6O6. The second-order valence-electron chi connectivity index (χ2n) is 7.47. The number of carbonyl (C=O) groups excluding carboxylic acids is 2. The zero-order valence-corrected chi connectivity index (χ0v) is 24.8. The van der Waals surface area contributed by atoms with E-state index in [0.717, 1.165) is 0 Å². The zero-order chi connectivity index (χ0) is 32.2. The van der Waals surface area contributed by atoms with Crippen molar-refractivity contribution in [2.75, 3.05) is 21.7 Å². The number of hydrogen-bond donors (Lipinski definition) is 3. The minimum Gasteiger partial charge on any atom is -0.397 e. The molecule has 12 nitrogen and oxygen atoms in total. The van der Waals surface area contributed by atoms with Crippen LogP contribution in [0.3, 0.4) is 0 Å². The number of nitrogens with two attached hydrogens (primary N) is 1. The molecule has 0 fully saturated rings. The summed E-state index contributed by atoms with van der Waals surface area (Å²) in [6, 6.07) is 25.0. The molecule has 0 aliphatic rings. The highest BCUT2D eigenvalue weighted by molar-refractivity contribution is 6.40. The Morgan fingerprint density at radius 3 is 1.77 bits per heavy atom. The molecule has 0 heterocycles. The highest BCUT2D eigenvalue weighted by Crippen LogP contribution is 2.27. The number of nitro benzene ring substituents is 2. The summed E-state index contributed by atoms with van der Waals surface area (Å²) in [6.45, 7) is 0. The van der Waals surface area contributed by atoms with E-state index < -0.39 is 15.9 Å². The van der Waals surface area contributed by atoms with Crippen molar-refractivity contribution in [1.29, 1.82) is 0 Å². The maximum Gasteiger partial charge on any atom is 0.323 e. The number of rotatable bonds is 5. The van der Waals surface area contributed by atoms with Crippen LogP contribution in [0.5, 0.6) is 0 Å². The summed E-state index contributed by atoms with van der Waals surface area (Å²) in [5.41, 5.74) is 6.77. The molecule has 4 aromatic rings. The summed E-state index contributed by atoms with van der Waals surface area (Å²) in [5, 5.41) is 26.6. The Labute approximate surface area is 265 Å². The van der Waals surface area contributed by atoms with Crippen LogP contribution in [0.2, 0.25) is 10.0 Å². The molecule has 4 rings (SSSR count). The van der Waals surface area contributed by atoms with Gasteiger partial charge in [0.2, 0.25) is 6.08 Å². The predicted octanol–water partition coefficient (Wildman–Crippen LogP) is 8.80. The molecule has 0 aliphatic carbocycles. The standard InChI is InChI=1S/C13H10ClN3O3.C7H5NO.C6H5ClN2O2.CH2Cl2/c14-11-7-6-10(17(19)20)8-12(11)16-13(18)15-9-4-2-1-3-5-9;9-6-8-7-4-2-1-3-5-7;7-5-2-1-4(9(10)11)3-6(5)8;2-1-3/h1-8H,(H2,15,16,18);1-5H;1-3H,8H2;1H2. The average Bonchev–Trinajstić information content (AvgIpc) is 2.98. The number of carbonyl (C=O) groups is 1. The molecule has 0 aliphatic heterocycles. The topological polar surface area (TPSA) is 183 Å². The molecule has 0 spiro atoms. The Bertz CT molecular complexity index is 1540. The molecule has 0 unspecified atom stereocenters. The van der Waals surface area contributed by atoms with E-state index in [1.165, 1.54) is 42.5 Å². The van der Waals surface area contributed by atoms with Crippen LogP contribution in [-0.4, -0.2) is 27.3 Å². The number of hydrogen-bond acceptors (Lipinski definition) is 8. The van der Waals surface area contributed by atoms with Crippen LogP contribution < -0.4 is 16.4 Å². The number of isocyanates is 1. The second kappa shape index (κ2) is 20.2. The van der Waals surface area contributed by atoms with E-state index in [1.807, 2.05) is 24.3 Å². The number of aliphatic imine (C=N–C) groups is 1. The van der Waals surface area contributed by atoms with Gasteiger partial charge in [0, 0.05) is 30.0 Å². The number of benzene rings is 4. The Hall–Kier alpha value is -4.71. The van der Waals surface area contributed by atoms with Gasteiger partial charge in [0.15, 0.2) is 0 Å². The van der Waals surface area contributed by atoms with E-state index in [1.54, 1.807) is 36.4 Å². The first-order chi connectivity index (χ1) is 20.5. The predicted molar refractivity (Wildman–Crippen MR) is 171 cm³/mol. The Morgan fingerprint density at radius 1 is 0.791 bits per heavy atom. The third kappa shape index (κ3) is 14.7. The third-order valence-electron chi connectivity index (χ3n) is 4.56. The van der Waals surface area contributed by atoms with Gasteiger partial charge in [-0.05, 0) is 36.4 Å². The van der Waals surface area contributed by atoms with Gasteiger partial charge in [0.1, 0.15) is 0 Å². The lowest BCUT2D eigenvalue weighted by Crippen LogP contribution is -2.19. The summed E-state index contributed by atoms with van der Waals surface area (Å²) < 4.78 is 0. The number of non-ortho nitro benzene ring substituents is 2. The second-order valence-corrected chi connectivity index (χ2v) is 9.09. The van der Waals surface area contributed by atoms with E-state index in [2.05, 4.69) is 15.6 Å². The third-order valence-corrected chi connectivity index (χ3v) is 5.24. The lowest BCUT2D eigenvalue weighted by atomic mass is 10.3. The molecule has 16 heteroatoms. The highest BCUT2D eigenvalue weighted by Gasteiger charge is 2.12. The zero-order valence-electron chi connectivity index (χ0n) is 21.8. The molecule has 4 aromatic carbocycles. The normalized spacial score (nSPS) is 9.12. The molecular weight excluding hydrogens is 646 g/mol. The van der Waals surface area contributed by atoms with Gasteiger partial charge in [0.05, 0.1) is 42.3 Å². The van der Waals surface area contributed by atoms with Crippen molar-refractivity contribution in [3.8, 4) is 0 Å². The van der Waals surface area contributed by atoms with Crippen LogP contribution in [0.25, 0.3) is 0 Å². The van der Waals surface area contributed by atoms with Crippen LogP contribution in [0.1, 0.15) is 0 Å². The SMILES string of the molecule is ClCCl.Nc1cc([N+](=O)[O-])ccc1Cl.O=C(Nc1ccccc1)Nc1cc([N+](=O)[O-])ccc1Cl.O=C=Nc1ccccc1. The number of alkyl halides is 2. The number of para-hydroxylation sites is 2. The van der Waals surface area contributed by atoms with Gasteiger partial charge in [-0.2, -0.15) is 4.99 Å². The number of nitrogen functional groups attached to an aromatic ring is 1. The first kappa shape index (κ1) is 36.3. The van der Waals surface area contributed by atoms with Crippen LogP contribution in [-0.2, 0) is 4.79 Å². The van der Waals surface area contributed by atoms with Gasteiger partial charge in [-0.25, -0.2) is 9.59 Å². The fraction of sp³-hybridized carbons (Fsp3) is 0.0370. The Kier molecular flexibility index (Phi) is 17.1. The number of urea groups is 1. The van der Waals surface area contributed by atoms with Gasteiger partial charge in [-0.3, -0.25) is 20.2 Å². The van der Waals surface area contributed by atoms with Gasteiger partial charge < -0.3 is 16.4 Å². The largest absolute Gasteiger partial charge is 0.397 e. The number of halogens is 4. The molecule has 43 heavy (non-hydrogen) atoms. The molecule has 0 bridgehead atoms. The van der Waals surface area contributed by atoms with Crippen molar-refractivity contribution in [3.05, 3.63) is 127 Å². The molecule has 224 valence electrons. The van der Waals surface area contributed by atoms with Crippen molar-refractivity contribution < 1.29 is 19.4 Å². The number of nitro groups is 2. The first-order valence-corrected chi connectivity index (χ1v) is 13.4. The van der Waals surface area contributed by atoms with Gasteiger partial charge in [0.25, 0.3) is 11.4 Å². The van der Waals surface area contributed by atoms with Crippen LogP contribution in [0.15, 0.2) is 102 Å². The lowest BCUT2D eigenvalue weighted by Gasteiger charge is -2.08. The van der Waals surface area contributed by atoms with Gasteiger partial charge in [-0.1, -0.05) is 59.6 Å². The highest BCUT2D eigenvalue weighted by atomic mass is 35.5. The fourth-order valence-electron chi connectivity index (χ4n) is 2.73. The molecule has 0 radical (unpaired) electrons. The van der Waals surface area contributed by atoms with Gasteiger partial charge >= 0.3 is 6.03 Å². The minimum atomic E-state index is -0.559. The van der Waals surface area contributed by atoms with Crippen molar-refractivity contribution in [2.24, 2.45) is 4.99 Å². The maximum atomic E-state index is 11.8. The first-order valence-electron chi connectivity index (χ1n) is 11.5. The van der Waals surface area contributed by atoms with E-state index in [0.29, 0.717) is 16.4 Å². The molecule has 0 atom stereocenters. The van der Waals surface area contributed by atoms with Crippen LogP contribution >= 0.6 is 46.4 Å². The van der Waals surface area contributed by atoms with E-state index in [9.17, 15) is 29.8 Å². The van der Waals surface area contributed by atoms with Crippen molar-refractivity contribution in [1.82, 2.24) is 0 Å². The fourth-order valence-corrected chi connectivity index (χ4v) is 3.01. The number of nitrogens with zero attached hydrogens (tertiary/aromatic N) is 3. The quantitative estimate of drug-likeness (QED) is 0.0474. The Balaban J connectivity index is 0.000000338. The van der Waals surface area contributed by atoms with E-state index in [4.69, 9.17) is 52.1 Å². The lowest BCUT2D eigenvalue weighted by molar-refractivity contribution is -0.385. The maximum absolute atomic E-state index is 11.8. The van der Waals surface area contributed by atoms with Gasteiger partial charge in [-0.15, -0.1) is 23.2 Å². The molecule has 0 saturated heterocycles. The van der Waals surface area contributed by atoms with Crippen molar-refractivity contribution in [3.63, 3.8) is 0 Å². The Morgan fingerprint density at radius 2 is 1.28 bits per heavy atom. The molecule has 4 N–H and O–H groups in total. The molecule has 0 saturated carbocycles. The summed E-state index contributed by atoms with van der Waals surface area (Å²) in [5.74, 6) is 0. The summed E-state index contributed by atoms with van der Waals surface area (Å²) in [4.78, 5) is 44.6. The monoisotopic (exact) mass is 666 g/mol. The number of amides is 2. The van der Waals surface area contributed by atoms with E-state index >= 15 is 0 Å². The van der Waals surface area contributed by atoms with Crippen molar-refractivity contribution >= 4 is 92.6 Å². The van der Waals surface area contributed by atoms with E-state index in [-0.39, 0.29) is 33.1 Å². The van der Waals surface area contributed by atoms with Crippen molar-refractivity contribution in [2.45, 2.75) is 0 Å². The van der Waals surface area contributed by atoms with Crippen LogP contribution in [0.4, 0.5) is 38.9 Å². The number of anilines is 3. The number of nitrogens with one attached hydrogen (secondary N) is 2. The average molecular weight is 668 g/mol. The smallest absolute Gasteiger partial charge is 0.323 e. The molecule has 0 aromatic heterocycles. The van der Waals surface area contributed by atoms with Crippen LogP contribution in [0, 0.1) is 20.2 Å². The summed E-state index contributed by atoms with van der Waals surface area (Å²) in [6.07, 6.45) is 1.46. The summed E-state index contributed by atoms with van der Waals surface area (Å²) in [7, 11) is 0. The molecule has 2 amide bonds. The summed E-state index contributed by atoms with van der Waals surface area (Å²) >= 11 is 20.9. The minimum absolute atomic E-state index is 0.0492.